The molecule has 33 heavy (non-hydrogen) atoms. The Hall–Kier alpha value is -2.77. The van der Waals surface area contributed by atoms with E-state index in [1.165, 1.54) is 0 Å². The number of aromatic nitrogens is 1. The Labute approximate surface area is 201 Å². The second-order valence-corrected chi connectivity index (χ2v) is 8.89. The normalized spacial score (nSPS) is 15.6. The molecular weight excluding hydrogens is 467 g/mol. The van der Waals surface area contributed by atoms with E-state index < -0.39 is 23.4 Å². The summed E-state index contributed by atoms with van der Waals surface area (Å²) >= 11 is 12.6. The highest BCUT2D eigenvalue weighted by Gasteiger charge is 2.24. The van der Waals surface area contributed by atoms with Crippen LogP contribution in [0.15, 0.2) is 55.8 Å². The lowest BCUT2D eigenvalue weighted by Crippen LogP contribution is -2.38. The molecule has 1 aliphatic rings. The third-order valence-corrected chi connectivity index (χ3v) is 6.02. The van der Waals surface area contributed by atoms with Crippen LogP contribution in [-0.4, -0.2) is 29.7 Å². The van der Waals surface area contributed by atoms with Gasteiger partial charge in [0.25, 0.3) is 11.5 Å². The van der Waals surface area contributed by atoms with E-state index in [0.29, 0.717) is 19.3 Å². The molecule has 2 atom stereocenters. The van der Waals surface area contributed by atoms with Crippen molar-refractivity contribution in [3.05, 3.63) is 73.7 Å². The molecule has 1 heterocycles. The van der Waals surface area contributed by atoms with E-state index in [-0.39, 0.29) is 18.3 Å². The molecule has 0 aliphatic heterocycles. The molecule has 176 valence electrons. The summed E-state index contributed by atoms with van der Waals surface area (Å²) in [4.78, 5) is 36.0. The standard InChI is InChI=1S/C24H26Cl2N2O5/c1-3-32-24(31)14(2)10-18(27-23(30)21-13-22(29)28-33-21)11-15-4-6-16(7-5-15)19-12-17(25)8-9-20(19)26/h4-7,12-14,18H,3,8-11H2,1-2H3,(H,27,30)(H,28,29)/t14-,18-/m0/s1. The molecule has 9 heteroatoms. The molecule has 2 N–H and O–H groups in total. The van der Waals surface area contributed by atoms with Crippen molar-refractivity contribution < 1.29 is 18.8 Å². The summed E-state index contributed by atoms with van der Waals surface area (Å²) in [6.45, 7) is 3.78. The van der Waals surface area contributed by atoms with Gasteiger partial charge in [0.15, 0.2) is 0 Å². The second kappa shape index (κ2) is 11.4. The van der Waals surface area contributed by atoms with Crippen molar-refractivity contribution in [3.8, 4) is 0 Å². The molecule has 0 saturated carbocycles. The van der Waals surface area contributed by atoms with E-state index in [4.69, 9.17) is 32.5 Å². The number of carbonyl (C=O) groups is 2. The highest BCUT2D eigenvalue weighted by molar-refractivity contribution is 6.35. The monoisotopic (exact) mass is 492 g/mol. The zero-order valence-electron chi connectivity index (χ0n) is 18.5. The van der Waals surface area contributed by atoms with Gasteiger partial charge in [-0.1, -0.05) is 54.4 Å². The summed E-state index contributed by atoms with van der Waals surface area (Å²) in [6.07, 6.45) is 4.16. The number of aromatic amines is 1. The minimum absolute atomic E-state index is 0.119. The number of ether oxygens (including phenoxy) is 1. The number of esters is 1. The van der Waals surface area contributed by atoms with Gasteiger partial charge in [0.05, 0.1) is 18.6 Å². The van der Waals surface area contributed by atoms with Crippen LogP contribution in [0.5, 0.6) is 0 Å². The minimum Gasteiger partial charge on any atom is -0.466 e. The maximum absolute atomic E-state index is 12.5. The topological polar surface area (TPSA) is 101 Å². The van der Waals surface area contributed by atoms with Gasteiger partial charge in [-0.05, 0) is 55.4 Å². The number of rotatable bonds is 9. The number of hydrogen-bond donors (Lipinski definition) is 2. The van der Waals surface area contributed by atoms with E-state index in [9.17, 15) is 14.4 Å². The van der Waals surface area contributed by atoms with E-state index >= 15 is 0 Å². The first-order valence-electron chi connectivity index (χ1n) is 10.8. The second-order valence-electron chi connectivity index (χ2n) is 7.95. The first-order valence-corrected chi connectivity index (χ1v) is 11.5. The van der Waals surface area contributed by atoms with Crippen molar-refractivity contribution in [3.63, 3.8) is 0 Å². The lowest BCUT2D eigenvalue weighted by atomic mass is 9.94. The summed E-state index contributed by atoms with van der Waals surface area (Å²) in [5.41, 5.74) is 2.31. The summed E-state index contributed by atoms with van der Waals surface area (Å²) in [6, 6.07) is 8.50. The number of benzene rings is 1. The maximum Gasteiger partial charge on any atom is 0.308 e. The van der Waals surface area contributed by atoms with E-state index in [0.717, 1.165) is 39.3 Å². The zero-order chi connectivity index (χ0) is 24.0. The SMILES string of the molecule is CCOC(=O)[C@@H](C)C[C@@H](Cc1ccc(C2=C(Cl)CCC(Cl)=C2)cc1)NC(=O)c1cc(=O)[nH]o1. The van der Waals surface area contributed by atoms with Crippen LogP contribution in [0.4, 0.5) is 0 Å². The first kappa shape index (κ1) is 24.9. The number of hydrogen-bond acceptors (Lipinski definition) is 5. The number of carbonyl (C=O) groups excluding carboxylic acids is 2. The Morgan fingerprint density at radius 3 is 2.58 bits per heavy atom. The fourth-order valence-corrected chi connectivity index (χ4v) is 4.13. The van der Waals surface area contributed by atoms with Crippen LogP contribution in [0.25, 0.3) is 5.57 Å². The molecule has 0 radical (unpaired) electrons. The van der Waals surface area contributed by atoms with Crippen molar-refractivity contribution in [2.45, 2.75) is 45.6 Å². The largest absolute Gasteiger partial charge is 0.466 e. The van der Waals surface area contributed by atoms with Crippen LogP contribution >= 0.6 is 23.2 Å². The van der Waals surface area contributed by atoms with Crippen LogP contribution < -0.4 is 10.9 Å². The van der Waals surface area contributed by atoms with Crippen LogP contribution in [-0.2, 0) is 16.0 Å². The summed E-state index contributed by atoms with van der Waals surface area (Å²) in [5, 5.41) is 6.50. The van der Waals surface area contributed by atoms with Crippen LogP contribution in [0, 0.1) is 5.92 Å². The number of amides is 1. The summed E-state index contributed by atoms with van der Waals surface area (Å²) < 4.78 is 9.99. The average Bonchev–Trinajstić information content (AvgIpc) is 3.22. The zero-order valence-corrected chi connectivity index (χ0v) is 20.0. The molecule has 0 fully saturated rings. The van der Waals surface area contributed by atoms with Gasteiger partial charge in [-0.2, -0.15) is 5.16 Å². The fourth-order valence-electron chi connectivity index (χ4n) is 3.67. The molecular formula is C24H26Cl2N2O5. The molecule has 1 aromatic carbocycles. The van der Waals surface area contributed by atoms with Gasteiger partial charge in [0.1, 0.15) is 0 Å². The van der Waals surface area contributed by atoms with Gasteiger partial charge < -0.3 is 14.6 Å². The number of H-pyrrole nitrogens is 1. The van der Waals surface area contributed by atoms with Gasteiger partial charge in [0.2, 0.25) is 5.76 Å². The van der Waals surface area contributed by atoms with E-state index in [1.54, 1.807) is 13.8 Å². The molecule has 7 nitrogen and oxygen atoms in total. The smallest absolute Gasteiger partial charge is 0.308 e. The Morgan fingerprint density at radius 1 is 1.21 bits per heavy atom. The lowest BCUT2D eigenvalue weighted by molar-refractivity contribution is -0.147. The molecule has 0 unspecified atom stereocenters. The van der Waals surface area contributed by atoms with E-state index in [2.05, 4.69) is 10.5 Å². The highest BCUT2D eigenvalue weighted by Crippen LogP contribution is 2.34. The number of halogens is 2. The van der Waals surface area contributed by atoms with Crippen molar-refractivity contribution >= 4 is 40.7 Å². The average molecular weight is 493 g/mol. The molecule has 0 saturated heterocycles. The van der Waals surface area contributed by atoms with E-state index in [1.807, 2.05) is 30.3 Å². The number of allylic oxidation sites excluding steroid dienone is 4. The summed E-state index contributed by atoms with van der Waals surface area (Å²) in [5.74, 6) is -1.41. The molecule has 1 aliphatic carbocycles. The fraction of sp³-hybridized carbons (Fsp3) is 0.375. The highest BCUT2D eigenvalue weighted by atomic mass is 35.5. The molecule has 1 amide bonds. The Bertz CT molecular complexity index is 1110. The van der Waals surface area contributed by atoms with Gasteiger partial charge in [-0.3, -0.25) is 14.4 Å². The minimum atomic E-state index is -0.537. The molecule has 0 bridgehead atoms. The van der Waals surface area contributed by atoms with Crippen molar-refractivity contribution in [1.82, 2.24) is 10.5 Å². The maximum atomic E-state index is 12.5. The number of nitrogens with one attached hydrogen (secondary N) is 2. The first-order chi connectivity index (χ1) is 15.8. The summed E-state index contributed by atoms with van der Waals surface area (Å²) in [7, 11) is 0. The van der Waals surface area contributed by atoms with Gasteiger partial charge in [0, 0.05) is 16.1 Å². The molecule has 1 aromatic heterocycles. The van der Waals surface area contributed by atoms with Gasteiger partial charge >= 0.3 is 5.97 Å². The molecule has 3 rings (SSSR count). The Balaban J connectivity index is 1.76. The van der Waals surface area contributed by atoms with Crippen LogP contribution in [0.1, 0.15) is 54.8 Å². The van der Waals surface area contributed by atoms with Crippen molar-refractivity contribution in [2.75, 3.05) is 6.61 Å². The molecule has 2 aromatic rings. The molecule has 0 spiro atoms. The van der Waals surface area contributed by atoms with Crippen molar-refractivity contribution in [2.24, 2.45) is 5.92 Å². The Morgan fingerprint density at radius 2 is 1.94 bits per heavy atom. The third kappa shape index (κ3) is 6.85. The van der Waals surface area contributed by atoms with Gasteiger partial charge in [-0.15, -0.1) is 0 Å². The predicted octanol–water partition coefficient (Wildman–Crippen LogP) is 4.76. The predicted molar refractivity (Wildman–Crippen MR) is 127 cm³/mol. The third-order valence-electron chi connectivity index (χ3n) is 5.33. The lowest BCUT2D eigenvalue weighted by Gasteiger charge is -2.21. The Kier molecular flexibility index (Phi) is 8.58. The van der Waals surface area contributed by atoms with Gasteiger partial charge in [-0.25, -0.2) is 0 Å². The quantitative estimate of drug-likeness (QED) is 0.491. The van der Waals surface area contributed by atoms with Crippen LogP contribution in [0.3, 0.4) is 0 Å². The van der Waals surface area contributed by atoms with Crippen LogP contribution in [0.2, 0.25) is 0 Å². The van der Waals surface area contributed by atoms with Crippen molar-refractivity contribution in [1.29, 1.82) is 0 Å².